The summed E-state index contributed by atoms with van der Waals surface area (Å²) in [6.45, 7) is 2.91. The van der Waals surface area contributed by atoms with Crippen molar-refractivity contribution < 1.29 is 23.6 Å². The lowest BCUT2D eigenvalue weighted by molar-refractivity contribution is -0.121. The summed E-state index contributed by atoms with van der Waals surface area (Å²) < 4.78 is 15.9. The van der Waals surface area contributed by atoms with Crippen LogP contribution in [0.2, 0.25) is 0 Å². The number of amides is 2. The number of anilines is 1. The molecule has 9 heteroatoms. The maximum Gasteiger partial charge on any atom is 0.316 e. The molecule has 1 aromatic heterocycles. The minimum Gasteiger partial charge on any atom is -0.497 e. The van der Waals surface area contributed by atoms with Crippen molar-refractivity contribution in [2.75, 3.05) is 25.2 Å². The van der Waals surface area contributed by atoms with Gasteiger partial charge in [0, 0.05) is 18.7 Å². The number of rotatable bonds is 7. The molecule has 0 bridgehead atoms. The molecule has 31 heavy (non-hydrogen) atoms. The zero-order chi connectivity index (χ0) is 21.8. The van der Waals surface area contributed by atoms with E-state index in [1.807, 2.05) is 31.2 Å². The Bertz CT molecular complexity index is 1110. The summed E-state index contributed by atoms with van der Waals surface area (Å²) in [7, 11) is 1.59. The monoisotopic (exact) mass is 422 g/mol. The number of methoxy groups -OCH3 is 1. The molecule has 2 heterocycles. The third-order valence-electron chi connectivity index (χ3n) is 4.82. The van der Waals surface area contributed by atoms with Crippen LogP contribution in [0.1, 0.15) is 29.6 Å². The van der Waals surface area contributed by atoms with Gasteiger partial charge in [-0.2, -0.15) is 4.98 Å². The fraction of sp³-hybridized carbons (Fsp3) is 0.273. The van der Waals surface area contributed by atoms with Crippen LogP contribution in [0.3, 0.4) is 0 Å². The lowest BCUT2D eigenvalue weighted by Gasteiger charge is -2.29. The van der Waals surface area contributed by atoms with Crippen LogP contribution in [0, 0.1) is 0 Å². The smallest absolute Gasteiger partial charge is 0.316 e. The molecule has 0 saturated heterocycles. The quantitative estimate of drug-likeness (QED) is 0.624. The molecule has 160 valence electrons. The molecule has 1 aliphatic rings. The van der Waals surface area contributed by atoms with E-state index in [1.54, 1.807) is 30.2 Å². The molecule has 2 aromatic carbocycles. The molecule has 0 spiro atoms. The van der Waals surface area contributed by atoms with Gasteiger partial charge in [-0.3, -0.25) is 9.59 Å². The molecule has 1 aliphatic heterocycles. The van der Waals surface area contributed by atoms with E-state index < -0.39 is 5.91 Å². The molecule has 4 rings (SSSR count). The average molecular weight is 422 g/mol. The van der Waals surface area contributed by atoms with Gasteiger partial charge in [-0.1, -0.05) is 24.2 Å². The molecule has 2 amide bonds. The maximum absolute atomic E-state index is 12.4. The number of fused-ring (bicyclic) bond motifs is 1. The van der Waals surface area contributed by atoms with E-state index >= 15 is 0 Å². The fourth-order valence-corrected chi connectivity index (χ4v) is 3.29. The Balaban J connectivity index is 1.47. The van der Waals surface area contributed by atoms with Crippen molar-refractivity contribution in [3.63, 3.8) is 0 Å². The first-order valence-electron chi connectivity index (χ1n) is 9.91. The van der Waals surface area contributed by atoms with Crippen molar-refractivity contribution in [3.05, 3.63) is 53.9 Å². The Morgan fingerprint density at radius 1 is 1.26 bits per heavy atom. The van der Waals surface area contributed by atoms with Crippen LogP contribution in [0.25, 0.3) is 11.4 Å². The van der Waals surface area contributed by atoms with Crippen LogP contribution in [0.5, 0.6) is 11.5 Å². The zero-order valence-corrected chi connectivity index (χ0v) is 17.3. The Labute approximate surface area is 179 Å². The molecule has 1 N–H and O–H groups in total. The highest BCUT2D eigenvalue weighted by atomic mass is 16.5. The summed E-state index contributed by atoms with van der Waals surface area (Å²) in [6, 6.07) is 12.7. The van der Waals surface area contributed by atoms with Crippen molar-refractivity contribution in [1.29, 1.82) is 0 Å². The number of benzene rings is 2. The number of nitrogens with zero attached hydrogens (tertiary/aromatic N) is 3. The van der Waals surface area contributed by atoms with Crippen molar-refractivity contribution in [2.24, 2.45) is 0 Å². The topological polar surface area (TPSA) is 107 Å². The summed E-state index contributed by atoms with van der Waals surface area (Å²) in [4.78, 5) is 30.4. The number of ether oxygens (including phenoxy) is 2. The molecule has 9 nitrogen and oxygen atoms in total. The first-order valence-corrected chi connectivity index (χ1v) is 9.91. The highest BCUT2D eigenvalue weighted by molar-refractivity contribution is 5.98. The second kappa shape index (κ2) is 8.86. The van der Waals surface area contributed by atoms with Crippen LogP contribution >= 0.6 is 0 Å². The van der Waals surface area contributed by atoms with Crippen molar-refractivity contribution in [1.82, 2.24) is 15.5 Å². The third-order valence-corrected chi connectivity index (χ3v) is 4.82. The molecular formula is C22H22N4O5. The minimum absolute atomic E-state index is 0.0133. The van der Waals surface area contributed by atoms with Gasteiger partial charge >= 0.3 is 11.8 Å². The van der Waals surface area contributed by atoms with Gasteiger partial charge in [0.15, 0.2) is 6.61 Å². The number of hydrogen-bond donors (Lipinski definition) is 1. The lowest BCUT2D eigenvalue weighted by Crippen LogP contribution is -2.39. The normalized spacial score (nSPS) is 12.8. The van der Waals surface area contributed by atoms with Crippen LogP contribution in [0.15, 0.2) is 47.0 Å². The maximum atomic E-state index is 12.4. The van der Waals surface area contributed by atoms with E-state index in [9.17, 15) is 9.59 Å². The van der Waals surface area contributed by atoms with E-state index in [4.69, 9.17) is 14.0 Å². The van der Waals surface area contributed by atoms with E-state index in [0.717, 1.165) is 12.0 Å². The third kappa shape index (κ3) is 4.35. The standard InChI is InChI=1S/C22H22N4O5/c1-3-9-26-17-8-7-15(11-18(17)30-13-19(26)27)20-24-22(31-25-20)21(28)23-12-14-5-4-6-16(10-14)29-2/h4-8,10-11H,3,9,12-13H2,1-2H3,(H,23,28). The molecule has 3 aromatic rings. The van der Waals surface area contributed by atoms with E-state index in [-0.39, 0.29) is 24.2 Å². The number of carbonyl (C=O) groups is 2. The second-order valence-electron chi connectivity index (χ2n) is 6.97. The van der Waals surface area contributed by atoms with Crippen molar-refractivity contribution in [3.8, 4) is 22.9 Å². The van der Waals surface area contributed by atoms with Gasteiger partial charge in [0.25, 0.3) is 5.91 Å². The molecule has 0 unspecified atom stereocenters. The summed E-state index contributed by atoms with van der Waals surface area (Å²) in [5.41, 5.74) is 2.21. The summed E-state index contributed by atoms with van der Waals surface area (Å²) >= 11 is 0. The predicted molar refractivity (Wildman–Crippen MR) is 112 cm³/mol. The van der Waals surface area contributed by atoms with E-state index in [2.05, 4.69) is 15.5 Å². The molecular weight excluding hydrogens is 400 g/mol. The first kappa shape index (κ1) is 20.4. The fourth-order valence-electron chi connectivity index (χ4n) is 3.29. The summed E-state index contributed by atoms with van der Waals surface area (Å²) in [6.07, 6.45) is 0.839. The molecule has 0 saturated carbocycles. The number of carbonyl (C=O) groups excluding carboxylic acids is 2. The van der Waals surface area contributed by atoms with Crippen LogP contribution in [0.4, 0.5) is 5.69 Å². The van der Waals surface area contributed by atoms with Crippen LogP contribution in [-0.2, 0) is 11.3 Å². The average Bonchev–Trinajstić information content (AvgIpc) is 3.30. The predicted octanol–water partition coefficient (Wildman–Crippen LogP) is 2.81. The van der Waals surface area contributed by atoms with Gasteiger partial charge in [0.1, 0.15) is 11.5 Å². The van der Waals surface area contributed by atoms with Gasteiger partial charge in [-0.05, 0) is 42.3 Å². The Morgan fingerprint density at radius 2 is 2.13 bits per heavy atom. The summed E-state index contributed by atoms with van der Waals surface area (Å²) in [5, 5.41) is 6.65. The first-order chi connectivity index (χ1) is 15.1. The lowest BCUT2D eigenvalue weighted by atomic mass is 10.1. The van der Waals surface area contributed by atoms with Crippen molar-refractivity contribution in [2.45, 2.75) is 19.9 Å². The Hall–Kier alpha value is -3.88. The molecule has 0 radical (unpaired) electrons. The molecule has 0 aliphatic carbocycles. The number of nitrogens with one attached hydrogen (secondary N) is 1. The van der Waals surface area contributed by atoms with Gasteiger partial charge in [-0.25, -0.2) is 0 Å². The minimum atomic E-state index is -0.476. The highest BCUT2D eigenvalue weighted by Gasteiger charge is 2.26. The van der Waals surface area contributed by atoms with Crippen LogP contribution < -0.4 is 19.7 Å². The Kier molecular flexibility index (Phi) is 5.83. The molecule has 0 atom stereocenters. The molecule has 0 fully saturated rings. The zero-order valence-electron chi connectivity index (χ0n) is 17.3. The van der Waals surface area contributed by atoms with Crippen LogP contribution in [-0.4, -0.2) is 42.2 Å². The number of hydrogen-bond acceptors (Lipinski definition) is 7. The van der Waals surface area contributed by atoms with E-state index in [1.165, 1.54) is 0 Å². The Morgan fingerprint density at radius 3 is 2.94 bits per heavy atom. The van der Waals surface area contributed by atoms with Gasteiger partial charge in [0.2, 0.25) is 5.82 Å². The highest BCUT2D eigenvalue weighted by Crippen LogP contribution is 2.35. The number of aromatic nitrogens is 2. The van der Waals surface area contributed by atoms with Gasteiger partial charge in [-0.15, -0.1) is 0 Å². The second-order valence-corrected chi connectivity index (χ2v) is 6.97. The van der Waals surface area contributed by atoms with Gasteiger partial charge < -0.3 is 24.2 Å². The largest absolute Gasteiger partial charge is 0.497 e. The summed E-state index contributed by atoms with van der Waals surface area (Å²) in [5.74, 6) is 0.850. The van der Waals surface area contributed by atoms with Gasteiger partial charge in [0.05, 0.1) is 12.8 Å². The van der Waals surface area contributed by atoms with E-state index in [0.29, 0.717) is 35.8 Å². The van der Waals surface area contributed by atoms with Crippen molar-refractivity contribution >= 4 is 17.5 Å². The SMILES string of the molecule is CCCN1C(=O)COc2cc(-c3noc(C(=O)NCc4cccc(OC)c4)n3)ccc21.